The summed E-state index contributed by atoms with van der Waals surface area (Å²) in [5, 5.41) is 8.47. The number of Topliss-reactive ketones (excluding diaryl/α,β-unsaturated/α-hetero) is 1. The highest BCUT2D eigenvalue weighted by Gasteiger charge is 2.20. The quantitative estimate of drug-likeness (QED) is 0.468. The van der Waals surface area contributed by atoms with Crippen LogP contribution in [-0.2, 0) is 4.74 Å². The minimum absolute atomic E-state index is 0.0127. The zero-order valence-corrected chi connectivity index (χ0v) is 16.5. The molecule has 0 fully saturated rings. The molecule has 0 aliphatic heterocycles. The van der Waals surface area contributed by atoms with E-state index in [9.17, 15) is 14.0 Å². The summed E-state index contributed by atoms with van der Waals surface area (Å²) in [6.45, 7) is 4.99. The van der Waals surface area contributed by atoms with Gasteiger partial charge in [0.2, 0.25) is 0 Å². The Morgan fingerprint density at radius 1 is 1.07 bits per heavy atom. The van der Waals surface area contributed by atoms with Crippen molar-refractivity contribution in [3.63, 3.8) is 0 Å². The average molecular weight is 397 g/mol. The fourth-order valence-electron chi connectivity index (χ4n) is 2.83. The molecule has 1 aromatic heterocycles. The van der Waals surface area contributed by atoms with Gasteiger partial charge in [0.25, 0.3) is 0 Å². The van der Waals surface area contributed by atoms with Gasteiger partial charge in [0.15, 0.2) is 29.7 Å². The molecule has 150 valence electrons. The minimum Gasteiger partial charge on any atom is -0.494 e. The molecule has 3 aromatic rings. The van der Waals surface area contributed by atoms with E-state index in [-0.39, 0.29) is 17.0 Å². The molecule has 0 spiro atoms. The van der Waals surface area contributed by atoms with Crippen LogP contribution in [0.15, 0.2) is 36.4 Å². The third-order valence-corrected chi connectivity index (χ3v) is 4.35. The lowest BCUT2D eigenvalue weighted by molar-refractivity contribution is 0.0467. The Hall–Kier alpha value is -3.55. The van der Waals surface area contributed by atoms with E-state index in [0.717, 1.165) is 22.9 Å². The summed E-state index contributed by atoms with van der Waals surface area (Å²) in [7, 11) is 1.33. The first-order valence-corrected chi connectivity index (χ1v) is 8.85. The van der Waals surface area contributed by atoms with Crippen LogP contribution in [0.1, 0.15) is 37.7 Å². The monoisotopic (exact) mass is 397 g/mol. The second-order valence-corrected chi connectivity index (χ2v) is 6.56. The van der Waals surface area contributed by atoms with Crippen LogP contribution in [0.3, 0.4) is 0 Å². The molecule has 0 N–H and O–H groups in total. The Morgan fingerprint density at radius 3 is 2.48 bits per heavy atom. The topological polar surface area (TPSA) is 83.3 Å². The Kier molecular flexibility index (Phi) is 5.72. The standard InChI is InChI=1S/C21H20FN3O4/c1-12-5-7-17(13(2)9-12)25-23-14(3)20(24-25)21(27)29-11-18(26)15-6-8-19(28-4)16(22)10-15/h5-10H,11H2,1-4H3. The van der Waals surface area contributed by atoms with Crippen LogP contribution in [0.25, 0.3) is 5.69 Å². The highest BCUT2D eigenvalue weighted by atomic mass is 19.1. The number of hydrogen-bond acceptors (Lipinski definition) is 6. The first-order chi connectivity index (χ1) is 13.8. The molecule has 0 aliphatic rings. The van der Waals surface area contributed by atoms with Gasteiger partial charge in [-0.25, -0.2) is 9.18 Å². The first kappa shape index (κ1) is 20.2. The van der Waals surface area contributed by atoms with E-state index >= 15 is 0 Å². The molecule has 0 saturated carbocycles. The summed E-state index contributed by atoms with van der Waals surface area (Å²) in [6, 6.07) is 9.55. The number of benzene rings is 2. The number of ether oxygens (including phenoxy) is 2. The number of halogens is 1. The molecule has 2 aromatic carbocycles. The number of methoxy groups -OCH3 is 1. The van der Waals surface area contributed by atoms with Crippen molar-refractivity contribution in [2.24, 2.45) is 0 Å². The van der Waals surface area contributed by atoms with Gasteiger partial charge in [0.05, 0.1) is 18.5 Å². The maximum atomic E-state index is 13.7. The molecule has 0 aliphatic carbocycles. The number of hydrogen-bond donors (Lipinski definition) is 0. The number of carbonyl (C=O) groups excluding carboxylic acids is 2. The Morgan fingerprint density at radius 2 is 1.83 bits per heavy atom. The molecule has 0 unspecified atom stereocenters. The summed E-state index contributed by atoms with van der Waals surface area (Å²) in [6.07, 6.45) is 0. The van der Waals surface area contributed by atoms with E-state index in [1.165, 1.54) is 24.0 Å². The smallest absolute Gasteiger partial charge is 0.361 e. The fraction of sp³-hybridized carbons (Fsp3) is 0.238. The van der Waals surface area contributed by atoms with Crippen molar-refractivity contribution in [3.8, 4) is 11.4 Å². The largest absolute Gasteiger partial charge is 0.494 e. The predicted octanol–water partition coefficient (Wildman–Crippen LogP) is 3.38. The summed E-state index contributed by atoms with van der Waals surface area (Å²) >= 11 is 0. The highest BCUT2D eigenvalue weighted by molar-refractivity contribution is 5.99. The van der Waals surface area contributed by atoms with E-state index in [1.54, 1.807) is 6.92 Å². The van der Waals surface area contributed by atoms with Crippen LogP contribution in [0.4, 0.5) is 4.39 Å². The number of carbonyl (C=O) groups is 2. The fourth-order valence-corrected chi connectivity index (χ4v) is 2.83. The van der Waals surface area contributed by atoms with Gasteiger partial charge in [-0.1, -0.05) is 17.7 Å². The third-order valence-electron chi connectivity index (χ3n) is 4.35. The van der Waals surface area contributed by atoms with Crippen molar-refractivity contribution in [2.75, 3.05) is 13.7 Å². The molecular weight excluding hydrogens is 377 g/mol. The van der Waals surface area contributed by atoms with Gasteiger partial charge in [0, 0.05) is 5.56 Å². The van der Waals surface area contributed by atoms with Crippen molar-refractivity contribution >= 4 is 11.8 Å². The van der Waals surface area contributed by atoms with E-state index in [4.69, 9.17) is 9.47 Å². The Bertz CT molecular complexity index is 1090. The maximum Gasteiger partial charge on any atom is 0.361 e. The Balaban J connectivity index is 1.72. The summed E-state index contributed by atoms with van der Waals surface area (Å²) in [4.78, 5) is 25.9. The number of aromatic nitrogens is 3. The zero-order chi connectivity index (χ0) is 21.1. The summed E-state index contributed by atoms with van der Waals surface area (Å²) < 4.78 is 23.6. The molecule has 1 heterocycles. The predicted molar refractivity (Wildman–Crippen MR) is 103 cm³/mol. The molecule has 8 heteroatoms. The van der Waals surface area contributed by atoms with Gasteiger partial charge in [-0.05, 0) is 50.6 Å². The van der Waals surface area contributed by atoms with Crippen LogP contribution in [0.5, 0.6) is 5.75 Å². The second-order valence-electron chi connectivity index (χ2n) is 6.56. The van der Waals surface area contributed by atoms with E-state index in [2.05, 4.69) is 10.2 Å². The molecule has 7 nitrogen and oxygen atoms in total. The van der Waals surface area contributed by atoms with Gasteiger partial charge in [-0.2, -0.15) is 9.90 Å². The van der Waals surface area contributed by atoms with Gasteiger partial charge in [0.1, 0.15) is 0 Å². The molecule has 0 radical (unpaired) electrons. The normalized spacial score (nSPS) is 10.7. The lowest BCUT2D eigenvalue weighted by Gasteiger charge is -2.06. The summed E-state index contributed by atoms with van der Waals surface area (Å²) in [5.74, 6) is -1.96. The van der Waals surface area contributed by atoms with Gasteiger partial charge in [-0.3, -0.25) is 4.79 Å². The molecule has 29 heavy (non-hydrogen) atoms. The first-order valence-electron chi connectivity index (χ1n) is 8.85. The van der Waals surface area contributed by atoms with Crippen LogP contribution in [0.2, 0.25) is 0 Å². The van der Waals surface area contributed by atoms with Crippen molar-refractivity contribution in [3.05, 3.63) is 70.3 Å². The van der Waals surface area contributed by atoms with Crippen molar-refractivity contribution in [1.82, 2.24) is 15.0 Å². The van der Waals surface area contributed by atoms with Crippen LogP contribution >= 0.6 is 0 Å². The molecule has 0 saturated heterocycles. The molecule has 0 atom stereocenters. The lowest BCUT2D eigenvalue weighted by atomic mass is 10.1. The maximum absolute atomic E-state index is 13.7. The van der Waals surface area contributed by atoms with Gasteiger partial charge < -0.3 is 9.47 Å². The van der Waals surface area contributed by atoms with E-state index in [0.29, 0.717) is 5.69 Å². The van der Waals surface area contributed by atoms with E-state index < -0.39 is 24.2 Å². The SMILES string of the molecule is COc1ccc(C(=O)COC(=O)c2nn(-c3ccc(C)cc3C)nc2C)cc1F. The number of nitrogens with zero attached hydrogens (tertiary/aromatic N) is 3. The number of aryl methyl sites for hydroxylation is 3. The van der Waals surface area contributed by atoms with Gasteiger partial charge >= 0.3 is 5.97 Å². The Labute approximate surface area is 167 Å². The van der Waals surface area contributed by atoms with Crippen molar-refractivity contribution in [2.45, 2.75) is 20.8 Å². The van der Waals surface area contributed by atoms with Crippen molar-refractivity contribution in [1.29, 1.82) is 0 Å². The number of esters is 1. The number of rotatable bonds is 6. The summed E-state index contributed by atoms with van der Waals surface area (Å²) in [5.41, 5.74) is 3.26. The number of ketones is 1. The molecule has 3 rings (SSSR count). The minimum atomic E-state index is -0.777. The van der Waals surface area contributed by atoms with Crippen molar-refractivity contribution < 1.29 is 23.5 Å². The van der Waals surface area contributed by atoms with E-state index in [1.807, 2.05) is 32.0 Å². The van der Waals surface area contributed by atoms with Crippen LogP contribution < -0.4 is 4.74 Å². The third kappa shape index (κ3) is 4.31. The average Bonchev–Trinajstić information content (AvgIpc) is 3.07. The zero-order valence-electron chi connectivity index (χ0n) is 16.5. The molecular formula is C21H20FN3O4. The lowest BCUT2D eigenvalue weighted by Crippen LogP contribution is -2.16. The molecule has 0 amide bonds. The van der Waals surface area contributed by atoms with Crippen LogP contribution in [0, 0.1) is 26.6 Å². The van der Waals surface area contributed by atoms with Crippen LogP contribution in [-0.4, -0.2) is 40.5 Å². The van der Waals surface area contributed by atoms with Gasteiger partial charge in [-0.15, -0.1) is 5.10 Å². The molecule has 0 bridgehead atoms. The second kappa shape index (κ2) is 8.22. The highest BCUT2D eigenvalue weighted by Crippen LogP contribution is 2.18.